The number of H-pyrrole nitrogens is 1. The monoisotopic (exact) mass is 179 g/mol. The smallest absolute Gasteiger partial charge is 0.202 e. The SMILES string of the molecule is O=c1ccccc2cc(Cl)[nH]c12. The Bertz CT molecular complexity index is 475. The number of aromatic amines is 1. The summed E-state index contributed by atoms with van der Waals surface area (Å²) in [4.78, 5) is 14.1. The van der Waals surface area contributed by atoms with E-state index < -0.39 is 0 Å². The first-order valence-corrected chi connectivity index (χ1v) is 3.93. The van der Waals surface area contributed by atoms with Gasteiger partial charge in [0, 0.05) is 5.39 Å². The zero-order valence-electron chi connectivity index (χ0n) is 6.17. The molecule has 2 nitrogen and oxygen atoms in total. The molecule has 0 aliphatic rings. The Morgan fingerprint density at radius 2 is 2.00 bits per heavy atom. The molecule has 1 aromatic carbocycles. The second-order valence-electron chi connectivity index (χ2n) is 2.53. The molecule has 60 valence electrons. The van der Waals surface area contributed by atoms with Crippen LogP contribution in [0.3, 0.4) is 0 Å². The van der Waals surface area contributed by atoms with Crippen molar-refractivity contribution in [1.29, 1.82) is 0 Å². The highest BCUT2D eigenvalue weighted by Crippen LogP contribution is 2.13. The summed E-state index contributed by atoms with van der Waals surface area (Å²) in [6, 6.07) is 8.62. The molecule has 2 aromatic rings. The number of rotatable bonds is 0. The van der Waals surface area contributed by atoms with E-state index in [0.717, 1.165) is 5.39 Å². The third-order valence-electron chi connectivity index (χ3n) is 1.70. The van der Waals surface area contributed by atoms with Crippen molar-refractivity contribution in [2.75, 3.05) is 0 Å². The summed E-state index contributed by atoms with van der Waals surface area (Å²) < 4.78 is 0. The fourth-order valence-electron chi connectivity index (χ4n) is 1.16. The third kappa shape index (κ3) is 1.10. The first-order valence-electron chi connectivity index (χ1n) is 3.55. The minimum Gasteiger partial charge on any atom is -0.342 e. The van der Waals surface area contributed by atoms with E-state index in [1.54, 1.807) is 12.1 Å². The van der Waals surface area contributed by atoms with Gasteiger partial charge in [-0.3, -0.25) is 4.79 Å². The van der Waals surface area contributed by atoms with Gasteiger partial charge in [0.2, 0.25) is 5.43 Å². The molecule has 1 N–H and O–H groups in total. The van der Waals surface area contributed by atoms with Crippen LogP contribution in [0.2, 0.25) is 5.15 Å². The molecule has 12 heavy (non-hydrogen) atoms. The number of hydrogen-bond donors (Lipinski definition) is 1. The zero-order valence-corrected chi connectivity index (χ0v) is 6.93. The average Bonchev–Trinajstić information content (AvgIpc) is 2.33. The molecule has 1 heterocycles. The summed E-state index contributed by atoms with van der Waals surface area (Å²) >= 11 is 5.70. The molecule has 0 atom stereocenters. The minimum atomic E-state index is -0.0399. The number of nitrogens with one attached hydrogen (secondary N) is 1. The quantitative estimate of drug-likeness (QED) is 0.661. The van der Waals surface area contributed by atoms with Gasteiger partial charge in [-0.25, -0.2) is 0 Å². The lowest BCUT2D eigenvalue weighted by molar-refractivity contribution is 1.45. The maximum absolute atomic E-state index is 11.3. The van der Waals surface area contributed by atoms with Crippen LogP contribution in [0.1, 0.15) is 0 Å². The molecule has 0 unspecified atom stereocenters. The van der Waals surface area contributed by atoms with Gasteiger partial charge < -0.3 is 4.98 Å². The summed E-state index contributed by atoms with van der Waals surface area (Å²) in [5.74, 6) is 0. The van der Waals surface area contributed by atoms with Gasteiger partial charge >= 0.3 is 0 Å². The molecule has 0 saturated carbocycles. The van der Waals surface area contributed by atoms with Crippen LogP contribution in [-0.2, 0) is 0 Å². The van der Waals surface area contributed by atoms with Crippen molar-refractivity contribution in [2.24, 2.45) is 0 Å². The molecule has 0 amide bonds. The minimum absolute atomic E-state index is 0.0399. The molecular formula is C9H6ClNO. The molecule has 0 bridgehead atoms. The van der Waals surface area contributed by atoms with E-state index in [2.05, 4.69) is 4.98 Å². The molecule has 0 aliphatic carbocycles. The van der Waals surface area contributed by atoms with Gasteiger partial charge in [-0.1, -0.05) is 29.8 Å². The summed E-state index contributed by atoms with van der Waals surface area (Å²) in [5.41, 5.74) is 0.520. The summed E-state index contributed by atoms with van der Waals surface area (Å²) in [6.45, 7) is 0. The Kier molecular flexibility index (Phi) is 1.62. The lowest BCUT2D eigenvalue weighted by Gasteiger charge is -1.75. The third-order valence-corrected chi connectivity index (χ3v) is 1.90. The molecule has 0 radical (unpaired) electrons. The summed E-state index contributed by atoms with van der Waals surface area (Å²) in [5, 5.41) is 1.34. The Labute approximate surface area is 73.8 Å². The van der Waals surface area contributed by atoms with Crippen molar-refractivity contribution in [3.05, 3.63) is 45.7 Å². The Balaban J connectivity index is 3.03. The molecule has 2 rings (SSSR count). The largest absolute Gasteiger partial charge is 0.342 e. The lowest BCUT2D eigenvalue weighted by Crippen LogP contribution is -1.93. The average molecular weight is 180 g/mol. The van der Waals surface area contributed by atoms with Crippen LogP contribution in [0.25, 0.3) is 10.9 Å². The number of aromatic nitrogens is 1. The molecular weight excluding hydrogens is 174 g/mol. The van der Waals surface area contributed by atoms with Gasteiger partial charge in [0.25, 0.3) is 0 Å². The van der Waals surface area contributed by atoms with Crippen LogP contribution < -0.4 is 5.43 Å². The van der Waals surface area contributed by atoms with Crippen molar-refractivity contribution in [1.82, 2.24) is 4.98 Å². The Hall–Kier alpha value is -1.28. The topological polar surface area (TPSA) is 32.9 Å². The van der Waals surface area contributed by atoms with E-state index in [1.165, 1.54) is 6.07 Å². The van der Waals surface area contributed by atoms with Gasteiger partial charge in [0.15, 0.2) is 0 Å². The molecule has 1 aromatic heterocycles. The van der Waals surface area contributed by atoms with Gasteiger partial charge in [0.1, 0.15) is 5.15 Å². The summed E-state index contributed by atoms with van der Waals surface area (Å²) in [7, 11) is 0. The van der Waals surface area contributed by atoms with Gasteiger partial charge in [-0.05, 0) is 12.1 Å². The van der Waals surface area contributed by atoms with Crippen molar-refractivity contribution in [2.45, 2.75) is 0 Å². The van der Waals surface area contributed by atoms with Crippen molar-refractivity contribution >= 4 is 22.5 Å². The maximum Gasteiger partial charge on any atom is 0.202 e. The van der Waals surface area contributed by atoms with Crippen molar-refractivity contribution < 1.29 is 0 Å². The van der Waals surface area contributed by atoms with E-state index in [1.807, 2.05) is 12.1 Å². The Morgan fingerprint density at radius 3 is 2.83 bits per heavy atom. The van der Waals surface area contributed by atoms with E-state index >= 15 is 0 Å². The number of fused-ring (bicyclic) bond motifs is 1. The van der Waals surface area contributed by atoms with Crippen LogP contribution >= 0.6 is 11.6 Å². The Morgan fingerprint density at radius 1 is 1.25 bits per heavy atom. The zero-order chi connectivity index (χ0) is 8.55. The number of hydrogen-bond acceptors (Lipinski definition) is 1. The van der Waals surface area contributed by atoms with Crippen LogP contribution in [0.5, 0.6) is 0 Å². The highest BCUT2D eigenvalue weighted by atomic mass is 35.5. The van der Waals surface area contributed by atoms with Gasteiger partial charge in [-0.2, -0.15) is 0 Å². The van der Waals surface area contributed by atoms with Crippen LogP contribution in [0.4, 0.5) is 0 Å². The molecule has 0 spiro atoms. The van der Waals surface area contributed by atoms with E-state index in [9.17, 15) is 4.79 Å². The first-order chi connectivity index (χ1) is 5.77. The molecule has 0 aliphatic heterocycles. The normalized spacial score (nSPS) is 10.4. The molecule has 3 heteroatoms. The van der Waals surface area contributed by atoms with E-state index in [4.69, 9.17) is 11.6 Å². The molecule has 0 fully saturated rings. The van der Waals surface area contributed by atoms with E-state index in [-0.39, 0.29) is 5.43 Å². The van der Waals surface area contributed by atoms with Crippen LogP contribution in [0.15, 0.2) is 35.1 Å². The van der Waals surface area contributed by atoms with Crippen molar-refractivity contribution in [3.63, 3.8) is 0 Å². The maximum atomic E-state index is 11.3. The predicted octanol–water partition coefficient (Wildman–Crippen LogP) is 2.18. The lowest BCUT2D eigenvalue weighted by atomic mass is 10.3. The van der Waals surface area contributed by atoms with E-state index in [0.29, 0.717) is 10.7 Å². The number of halogens is 1. The fraction of sp³-hybridized carbons (Fsp3) is 0. The first kappa shape index (κ1) is 7.37. The second-order valence-corrected chi connectivity index (χ2v) is 2.94. The highest BCUT2D eigenvalue weighted by Gasteiger charge is 1.98. The van der Waals surface area contributed by atoms with Gasteiger partial charge in [0.05, 0.1) is 5.52 Å². The second kappa shape index (κ2) is 2.64. The van der Waals surface area contributed by atoms with Crippen LogP contribution in [-0.4, -0.2) is 4.98 Å². The molecule has 0 saturated heterocycles. The summed E-state index contributed by atoms with van der Waals surface area (Å²) in [6.07, 6.45) is 0. The standard InChI is InChI=1S/C9H6ClNO/c10-8-5-6-3-1-2-4-7(12)9(6)11-8/h1-5,11H. The van der Waals surface area contributed by atoms with Crippen molar-refractivity contribution in [3.8, 4) is 0 Å². The highest BCUT2D eigenvalue weighted by molar-refractivity contribution is 6.30. The van der Waals surface area contributed by atoms with Crippen LogP contribution in [0, 0.1) is 0 Å². The van der Waals surface area contributed by atoms with Gasteiger partial charge in [-0.15, -0.1) is 0 Å². The predicted molar refractivity (Wildman–Crippen MR) is 49.6 cm³/mol. The fourth-order valence-corrected chi connectivity index (χ4v) is 1.37.